The third-order valence-corrected chi connectivity index (χ3v) is 5.84. The molecule has 0 saturated carbocycles. The summed E-state index contributed by atoms with van der Waals surface area (Å²) in [5.74, 6) is 1.17. The Hall–Kier alpha value is -3.52. The number of aryl methyl sites for hydroxylation is 1. The maximum atomic E-state index is 13.5. The van der Waals surface area contributed by atoms with E-state index >= 15 is 0 Å². The Morgan fingerprint density at radius 1 is 1.09 bits per heavy atom. The minimum Gasteiger partial charge on any atom is -0.496 e. The Balaban J connectivity index is 1.89. The van der Waals surface area contributed by atoms with Crippen LogP contribution in [0.3, 0.4) is 0 Å². The van der Waals surface area contributed by atoms with Crippen LogP contribution >= 0.6 is 0 Å². The van der Waals surface area contributed by atoms with Gasteiger partial charge in [0.15, 0.2) is 0 Å². The Labute approximate surface area is 186 Å². The fraction of sp³-hybridized carbons (Fsp3) is 0.333. The lowest BCUT2D eigenvalue weighted by molar-refractivity contribution is 0.277. The molecule has 0 bridgehead atoms. The molecule has 8 heteroatoms. The van der Waals surface area contributed by atoms with E-state index in [2.05, 4.69) is 5.32 Å². The number of aliphatic hydroxyl groups excluding tert-OH is 1. The highest BCUT2D eigenvalue weighted by Gasteiger charge is 2.37. The van der Waals surface area contributed by atoms with Crippen molar-refractivity contribution in [1.29, 1.82) is 0 Å². The van der Waals surface area contributed by atoms with Gasteiger partial charge in [-0.15, -0.1) is 0 Å². The third-order valence-electron chi connectivity index (χ3n) is 5.84. The van der Waals surface area contributed by atoms with E-state index in [1.807, 2.05) is 60.4 Å². The van der Waals surface area contributed by atoms with Gasteiger partial charge in [-0.3, -0.25) is 13.9 Å². The molecule has 4 rings (SSSR count). The number of hydrogen-bond acceptors (Lipinski definition) is 6. The van der Waals surface area contributed by atoms with Gasteiger partial charge in [0.25, 0.3) is 5.56 Å². The molecule has 8 nitrogen and oxygen atoms in total. The molecule has 0 spiro atoms. The second kappa shape index (κ2) is 8.92. The van der Waals surface area contributed by atoms with Crippen LogP contribution in [0.4, 0.5) is 11.5 Å². The molecule has 1 atom stereocenters. The zero-order valence-electron chi connectivity index (χ0n) is 18.5. The maximum Gasteiger partial charge on any atom is 0.332 e. The van der Waals surface area contributed by atoms with Crippen molar-refractivity contribution in [2.45, 2.75) is 32.6 Å². The molecule has 0 amide bonds. The van der Waals surface area contributed by atoms with Gasteiger partial charge in [0.2, 0.25) is 0 Å². The summed E-state index contributed by atoms with van der Waals surface area (Å²) in [5, 5.41) is 12.6. The van der Waals surface area contributed by atoms with Crippen molar-refractivity contribution in [3.05, 3.63) is 86.1 Å². The molecule has 168 valence electrons. The fourth-order valence-corrected chi connectivity index (χ4v) is 4.14. The van der Waals surface area contributed by atoms with Gasteiger partial charge < -0.3 is 20.1 Å². The molecule has 1 aliphatic rings. The molecular formula is C24H28N4O4. The van der Waals surface area contributed by atoms with E-state index in [0.29, 0.717) is 30.2 Å². The minimum atomic E-state index is -0.411. The molecule has 0 unspecified atom stereocenters. The molecule has 32 heavy (non-hydrogen) atoms. The number of nitrogens with one attached hydrogen (secondary N) is 1. The third kappa shape index (κ3) is 3.78. The summed E-state index contributed by atoms with van der Waals surface area (Å²) in [6, 6.07) is 15.8. The summed E-state index contributed by atoms with van der Waals surface area (Å²) in [5.41, 5.74) is 2.72. The number of aliphatic hydroxyl groups is 1. The highest BCUT2D eigenvalue weighted by molar-refractivity contribution is 5.73. The van der Waals surface area contributed by atoms with Crippen molar-refractivity contribution in [1.82, 2.24) is 9.13 Å². The van der Waals surface area contributed by atoms with Gasteiger partial charge in [0.05, 0.1) is 7.11 Å². The normalized spacial score (nSPS) is 14.9. The van der Waals surface area contributed by atoms with Gasteiger partial charge in [0, 0.05) is 32.3 Å². The minimum absolute atomic E-state index is 0.0954. The monoisotopic (exact) mass is 436 g/mol. The van der Waals surface area contributed by atoms with Crippen LogP contribution in [-0.2, 0) is 20.1 Å². The number of fused-ring (bicyclic) bond motifs is 1. The van der Waals surface area contributed by atoms with Gasteiger partial charge in [-0.25, -0.2) is 4.79 Å². The lowest BCUT2D eigenvalue weighted by Gasteiger charge is -2.28. The van der Waals surface area contributed by atoms with Crippen LogP contribution in [0.5, 0.6) is 5.75 Å². The van der Waals surface area contributed by atoms with Gasteiger partial charge in [-0.2, -0.15) is 0 Å². The van der Waals surface area contributed by atoms with Crippen LogP contribution in [0.1, 0.15) is 29.3 Å². The van der Waals surface area contributed by atoms with Crippen molar-refractivity contribution >= 4 is 11.5 Å². The molecular weight excluding hydrogens is 408 g/mol. The summed E-state index contributed by atoms with van der Waals surface area (Å²) in [4.78, 5) is 28.3. The van der Waals surface area contributed by atoms with Gasteiger partial charge in [-0.05, 0) is 25.0 Å². The van der Waals surface area contributed by atoms with Crippen molar-refractivity contribution in [2.24, 2.45) is 7.05 Å². The van der Waals surface area contributed by atoms with E-state index in [4.69, 9.17) is 4.74 Å². The number of para-hydroxylation sites is 1. The molecule has 1 aromatic heterocycles. The average molecular weight is 437 g/mol. The van der Waals surface area contributed by atoms with E-state index in [1.165, 1.54) is 9.13 Å². The van der Waals surface area contributed by atoms with E-state index in [0.717, 1.165) is 16.7 Å². The van der Waals surface area contributed by atoms with Crippen LogP contribution < -0.4 is 26.2 Å². The van der Waals surface area contributed by atoms with Crippen LogP contribution in [0, 0.1) is 6.92 Å². The summed E-state index contributed by atoms with van der Waals surface area (Å²) >= 11 is 0. The summed E-state index contributed by atoms with van der Waals surface area (Å²) in [6.45, 7) is 2.56. The number of aromatic nitrogens is 2. The second-order valence-corrected chi connectivity index (χ2v) is 7.98. The number of ether oxygens (including phenoxy) is 1. The lowest BCUT2D eigenvalue weighted by atomic mass is 10.1. The van der Waals surface area contributed by atoms with Crippen LogP contribution in [0.2, 0.25) is 0 Å². The highest BCUT2D eigenvalue weighted by atomic mass is 16.5. The predicted molar refractivity (Wildman–Crippen MR) is 124 cm³/mol. The van der Waals surface area contributed by atoms with Crippen molar-refractivity contribution in [3.8, 4) is 5.75 Å². The Morgan fingerprint density at radius 3 is 2.50 bits per heavy atom. The first-order valence-corrected chi connectivity index (χ1v) is 10.6. The SMILES string of the molecule is COc1ccccc1[C@H]1Nc2c(c(=O)n(CCCO)c(=O)n2C)N1Cc1ccc(C)cc1. The van der Waals surface area contributed by atoms with Gasteiger partial charge >= 0.3 is 5.69 Å². The number of rotatable bonds is 7. The van der Waals surface area contributed by atoms with Crippen LogP contribution in [0.15, 0.2) is 58.1 Å². The molecule has 0 aliphatic carbocycles. The fourth-order valence-electron chi connectivity index (χ4n) is 4.14. The molecule has 2 N–H and O–H groups in total. The molecule has 2 heterocycles. The topological polar surface area (TPSA) is 88.7 Å². The zero-order valence-corrected chi connectivity index (χ0v) is 18.5. The standard InChI is InChI=1S/C24H28N4O4/c1-16-9-11-17(12-10-16)15-28-20-22(25-21(28)18-7-4-5-8-19(18)32-3)26(2)24(31)27(23(20)30)13-6-14-29/h4-5,7-12,21,25,29H,6,13-15H2,1-3H3/t21-/m0/s1. The van der Waals surface area contributed by atoms with E-state index in [1.54, 1.807) is 14.2 Å². The summed E-state index contributed by atoms with van der Waals surface area (Å²) in [6.07, 6.45) is -0.0654. The summed E-state index contributed by atoms with van der Waals surface area (Å²) < 4.78 is 8.25. The average Bonchev–Trinajstić information content (AvgIpc) is 3.18. The Kier molecular flexibility index (Phi) is 6.05. The lowest BCUT2D eigenvalue weighted by Crippen LogP contribution is -2.41. The number of anilines is 2. The quantitative estimate of drug-likeness (QED) is 0.591. The smallest absolute Gasteiger partial charge is 0.332 e. The number of hydrogen-bond donors (Lipinski definition) is 2. The number of benzene rings is 2. The highest BCUT2D eigenvalue weighted by Crippen LogP contribution is 2.41. The first kappa shape index (κ1) is 21.7. The van der Waals surface area contributed by atoms with Crippen LogP contribution in [-0.4, -0.2) is 28.0 Å². The molecule has 0 saturated heterocycles. The van der Waals surface area contributed by atoms with E-state index in [9.17, 15) is 14.7 Å². The first-order valence-electron chi connectivity index (χ1n) is 10.6. The van der Waals surface area contributed by atoms with Crippen molar-refractivity contribution in [2.75, 3.05) is 23.9 Å². The molecule has 3 aromatic rings. The maximum absolute atomic E-state index is 13.5. The molecule has 0 fully saturated rings. The van der Waals surface area contributed by atoms with Crippen molar-refractivity contribution < 1.29 is 9.84 Å². The van der Waals surface area contributed by atoms with Crippen LogP contribution in [0.25, 0.3) is 0 Å². The second-order valence-electron chi connectivity index (χ2n) is 7.98. The summed E-state index contributed by atoms with van der Waals surface area (Å²) in [7, 11) is 3.26. The van der Waals surface area contributed by atoms with Gasteiger partial charge in [0.1, 0.15) is 23.4 Å². The number of methoxy groups -OCH3 is 1. The predicted octanol–water partition coefficient (Wildman–Crippen LogP) is 2.38. The van der Waals surface area contributed by atoms with E-state index in [-0.39, 0.29) is 18.7 Å². The van der Waals surface area contributed by atoms with Crippen molar-refractivity contribution in [3.63, 3.8) is 0 Å². The number of nitrogens with zero attached hydrogens (tertiary/aromatic N) is 3. The molecule has 1 aliphatic heterocycles. The molecule has 2 aromatic carbocycles. The van der Waals surface area contributed by atoms with Gasteiger partial charge in [-0.1, -0.05) is 48.0 Å². The largest absolute Gasteiger partial charge is 0.496 e. The first-order chi connectivity index (χ1) is 15.5. The van der Waals surface area contributed by atoms with E-state index < -0.39 is 11.9 Å². The Bertz CT molecular complexity index is 1230. The Morgan fingerprint density at radius 2 is 1.81 bits per heavy atom. The zero-order chi connectivity index (χ0) is 22.8. The molecule has 0 radical (unpaired) electrons.